The van der Waals surface area contributed by atoms with E-state index in [-0.39, 0.29) is 17.6 Å². The van der Waals surface area contributed by atoms with Gasteiger partial charge in [-0.05, 0) is 52.7 Å². The molecule has 13 nitrogen and oxygen atoms in total. The lowest BCUT2D eigenvalue weighted by molar-refractivity contribution is 0.391. The van der Waals surface area contributed by atoms with Gasteiger partial charge in [0.25, 0.3) is 0 Å². The van der Waals surface area contributed by atoms with Gasteiger partial charge >= 0.3 is 0 Å². The van der Waals surface area contributed by atoms with E-state index in [9.17, 15) is 8.42 Å². The van der Waals surface area contributed by atoms with Crippen LogP contribution in [0.1, 0.15) is 20.8 Å². The van der Waals surface area contributed by atoms with E-state index in [1.165, 1.54) is 32.8 Å². The first-order valence-corrected chi connectivity index (χ1v) is 13.7. The van der Waals surface area contributed by atoms with E-state index in [1.54, 1.807) is 49.6 Å². The molecule has 1 aromatic carbocycles. The molecular formula is C26H34N8O5S. The van der Waals surface area contributed by atoms with Crippen molar-refractivity contribution in [1.29, 1.82) is 0 Å². The summed E-state index contributed by atoms with van der Waals surface area (Å²) in [6, 6.07) is 9.49. The molecule has 0 amide bonds. The summed E-state index contributed by atoms with van der Waals surface area (Å²) in [6.07, 6.45) is 1.60. The van der Waals surface area contributed by atoms with E-state index in [4.69, 9.17) is 14.2 Å². The molecule has 0 aliphatic carbocycles. The van der Waals surface area contributed by atoms with Gasteiger partial charge in [0, 0.05) is 12.3 Å². The number of nitrogens with one attached hydrogen (secondary N) is 2. The van der Waals surface area contributed by atoms with Crippen LogP contribution in [0.5, 0.6) is 17.4 Å². The van der Waals surface area contributed by atoms with E-state index in [0.29, 0.717) is 28.8 Å². The van der Waals surface area contributed by atoms with Crippen LogP contribution in [0.4, 0.5) is 5.95 Å². The maximum Gasteiger partial charge on any atom is 0.243 e. The fraction of sp³-hybridized carbons (Fsp3) is 0.346. The molecule has 14 heteroatoms. The van der Waals surface area contributed by atoms with Gasteiger partial charge in [0.2, 0.25) is 21.9 Å². The maximum absolute atomic E-state index is 13.7. The number of likely N-dealkylation sites (N-methyl/N-ethyl adjacent to an activating group) is 1. The van der Waals surface area contributed by atoms with Crippen LogP contribution in [0.25, 0.3) is 17.2 Å². The van der Waals surface area contributed by atoms with Gasteiger partial charge in [0.05, 0.1) is 27.4 Å². The van der Waals surface area contributed by atoms with Crippen LogP contribution in [0.15, 0.2) is 58.2 Å². The highest BCUT2D eigenvalue weighted by molar-refractivity contribution is 7.93. The number of allylic oxidation sites excluding steroid dienone is 1. The highest BCUT2D eigenvalue weighted by Gasteiger charge is 2.34. The predicted molar refractivity (Wildman–Crippen MR) is 156 cm³/mol. The van der Waals surface area contributed by atoms with Gasteiger partial charge in [0.1, 0.15) is 34.0 Å². The quantitative estimate of drug-likeness (QED) is 0.247. The number of ether oxygens (including phenoxy) is 3. The zero-order valence-corrected chi connectivity index (χ0v) is 24.4. The molecule has 0 aliphatic rings. The number of rotatable bonds is 12. The summed E-state index contributed by atoms with van der Waals surface area (Å²) >= 11 is 0. The van der Waals surface area contributed by atoms with Crippen molar-refractivity contribution in [3.63, 3.8) is 0 Å². The minimum Gasteiger partial charge on any atom is -0.494 e. The number of aliphatic imine (C=N–C) groups is 2. The molecule has 2 heterocycles. The molecule has 214 valence electrons. The molecule has 2 N–H and O–H groups in total. The van der Waals surface area contributed by atoms with Crippen LogP contribution in [0.2, 0.25) is 0 Å². The summed E-state index contributed by atoms with van der Waals surface area (Å²) in [4.78, 5) is 12.7. The molecule has 0 spiro atoms. The van der Waals surface area contributed by atoms with Crippen molar-refractivity contribution in [2.75, 3.05) is 33.1 Å². The Morgan fingerprint density at radius 1 is 1.05 bits per heavy atom. The minimum absolute atomic E-state index is 0.113. The molecule has 2 atom stereocenters. The second-order valence-corrected chi connectivity index (χ2v) is 10.8. The number of anilines is 1. The van der Waals surface area contributed by atoms with Gasteiger partial charge in [-0.1, -0.05) is 17.7 Å². The lowest BCUT2D eigenvalue weighted by atomic mass is 10.2. The first-order valence-electron chi connectivity index (χ1n) is 12.2. The molecule has 0 bridgehead atoms. The van der Waals surface area contributed by atoms with Crippen molar-refractivity contribution in [3.8, 4) is 34.6 Å². The first kappa shape index (κ1) is 30.2. The van der Waals surface area contributed by atoms with Crippen LogP contribution >= 0.6 is 0 Å². The zero-order valence-electron chi connectivity index (χ0n) is 23.5. The summed E-state index contributed by atoms with van der Waals surface area (Å²) in [5.74, 6) is 1.44. The third-order valence-corrected chi connectivity index (χ3v) is 7.57. The Balaban J connectivity index is 2.20. The summed E-state index contributed by atoms with van der Waals surface area (Å²) < 4.78 is 48.0. The summed E-state index contributed by atoms with van der Waals surface area (Å²) in [7, 11) is 1.97. The van der Waals surface area contributed by atoms with E-state index in [0.717, 1.165) is 5.57 Å². The van der Waals surface area contributed by atoms with Gasteiger partial charge < -0.3 is 19.5 Å². The molecule has 0 unspecified atom stereocenters. The SMILES string of the molecule is C=N/C(=N\C=C(C)C)[C@@H](NC)[C@H](C)S(=O)(=O)Nc1nnc(-c2cccc(OC)n2)n1-c1c(OC)cccc1OC. The van der Waals surface area contributed by atoms with Crippen LogP contribution in [-0.4, -0.2) is 80.4 Å². The minimum atomic E-state index is -4.12. The number of hydrogen-bond acceptors (Lipinski definition) is 10. The monoisotopic (exact) mass is 570 g/mol. The molecule has 0 saturated carbocycles. The molecule has 0 fully saturated rings. The summed E-state index contributed by atoms with van der Waals surface area (Å²) in [5, 5.41) is 10.4. The number of amidine groups is 1. The van der Waals surface area contributed by atoms with Crippen molar-refractivity contribution < 1.29 is 22.6 Å². The summed E-state index contributed by atoms with van der Waals surface area (Å²) in [5.41, 5.74) is 1.66. The Labute approximate surface area is 234 Å². The average molecular weight is 571 g/mol. The van der Waals surface area contributed by atoms with Crippen LogP contribution < -0.4 is 24.2 Å². The largest absolute Gasteiger partial charge is 0.494 e. The first-order chi connectivity index (χ1) is 19.1. The van der Waals surface area contributed by atoms with Crippen LogP contribution in [-0.2, 0) is 10.0 Å². The highest BCUT2D eigenvalue weighted by Crippen LogP contribution is 2.37. The standard InChI is InChI=1S/C26H34N8O5S/c1-16(2)15-29-24(28-5)22(27-4)17(3)40(35,36)33-26-32-31-25(18-11-9-14-21(30-18)39-8)34(26)23-19(37-6)12-10-13-20(23)38-7/h9-15,17,22,27H,5H2,1-4,6-8H3,(H,32,33)/b29-24-/t17-,22-/m0/s1. The van der Waals surface area contributed by atoms with Crippen molar-refractivity contribution in [1.82, 2.24) is 25.1 Å². The Bertz CT molecular complexity index is 1490. The van der Waals surface area contributed by atoms with Crippen molar-refractivity contribution >= 4 is 28.5 Å². The normalized spacial score (nSPS) is 13.2. The molecule has 3 aromatic rings. The van der Waals surface area contributed by atoms with Crippen molar-refractivity contribution in [2.24, 2.45) is 9.98 Å². The van der Waals surface area contributed by atoms with E-state index < -0.39 is 21.3 Å². The zero-order chi connectivity index (χ0) is 29.4. The Kier molecular flexibility index (Phi) is 9.96. The number of nitrogens with zero attached hydrogens (tertiary/aromatic N) is 6. The lowest BCUT2D eigenvalue weighted by Gasteiger charge is -2.24. The van der Waals surface area contributed by atoms with Crippen molar-refractivity contribution in [3.05, 3.63) is 48.2 Å². The van der Waals surface area contributed by atoms with Gasteiger partial charge in [-0.2, -0.15) is 0 Å². The molecule has 3 rings (SSSR count). The van der Waals surface area contributed by atoms with Gasteiger partial charge in [-0.3, -0.25) is 9.29 Å². The molecule has 0 radical (unpaired) electrons. The third kappa shape index (κ3) is 6.46. The van der Waals surface area contributed by atoms with E-state index in [1.807, 2.05) is 13.8 Å². The topological polar surface area (TPSA) is 154 Å². The number of para-hydroxylation sites is 1. The molecule has 0 aliphatic heterocycles. The summed E-state index contributed by atoms with van der Waals surface area (Å²) in [6.45, 7) is 8.83. The Morgan fingerprint density at radius 2 is 1.70 bits per heavy atom. The second-order valence-electron chi connectivity index (χ2n) is 8.73. The lowest BCUT2D eigenvalue weighted by Crippen LogP contribution is -2.47. The molecule has 0 saturated heterocycles. The highest BCUT2D eigenvalue weighted by atomic mass is 32.2. The fourth-order valence-electron chi connectivity index (χ4n) is 3.82. The fourth-order valence-corrected chi connectivity index (χ4v) is 5.01. The molecular weight excluding hydrogens is 536 g/mol. The maximum atomic E-state index is 13.7. The molecule has 40 heavy (non-hydrogen) atoms. The van der Waals surface area contributed by atoms with Gasteiger partial charge in [0.15, 0.2) is 5.82 Å². The van der Waals surface area contributed by atoms with Crippen molar-refractivity contribution in [2.45, 2.75) is 32.1 Å². The van der Waals surface area contributed by atoms with E-state index in [2.05, 4.69) is 41.9 Å². The van der Waals surface area contributed by atoms with Crippen LogP contribution in [0.3, 0.4) is 0 Å². The number of methoxy groups -OCH3 is 3. The van der Waals surface area contributed by atoms with Gasteiger partial charge in [-0.15, -0.1) is 10.2 Å². The number of aromatic nitrogens is 4. The second kappa shape index (κ2) is 13.2. The molecule has 2 aromatic heterocycles. The van der Waals surface area contributed by atoms with Gasteiger partial charge in [-0.25, -0.2) is 23.4 Å². The van der Waals surface area contributed by atoms with Crippen LogP contribution in [0, 0.1) is 0 Å². The smallest absolute Gasteiger partial charge is 0.243 e. The number of pyridine rings is 1. The number of hydrogen-bond donors (Lipinski definition) is 2. The predicted octanol–water partition coefficient (Wildman–Crippen LogP) is 3.10. The number of benzene rings is 1. The number of sulfonamides is 1. The Morgan fingerprint density at radius 3 is 2.25 bits per heavy atom. The average Bonchev–Trinajstić information content (AvgIpc) is 3.36. The Hall–Kier alpha value is -4.30. The van der Waals surface area contributed by atoms with E-state index >= 15 is 0 Å². The third-order valence-electron chi connectivity index (χ3n) is 5.85.